The number of H-pyrrole nitrogens is 1. The number of aromatic hydroxyl groups is 1. The van der Waals surface area contributed by atoms with Gasteiger partial charge in [-0.25, -0.2) is 0 Å². The molecule has 3 rings (SSSR count). The molecule has 1 aromatic carbocycles. The van der Waals surface area contributed by atoms with Gasteiger partial charge in [-0.15, -0.1) is 0 Å². The summed E-state index contributed by atoms with van der Waals surface area (Å²) in [5, 5.41) is 15.2. The van der Waals surface area contributed by atoms with Gasteiger partial charge in [-0.2, -0.15) is 10.1 Å². The van der Waals surface area contributed by atoms with Gasteiger partial charge in [-0.05, 0) is 37.6 Å². The number of aromatic nitrogens is 1. The van der Waals surface area contributed by atoms with E-state index in [1.807, 2.05) is 6.07 Å². The van der Waals surface area contributed by atoms with Crippen LogP contribution in [0.3, 0.4) is 0 Å². The van der Waals surface area contributed by atoms with E-state index in [4.69, 9.17) is 5.73 Å². The molecule has 26 heavy (non-hydrogen) atoms. The predicted octanol–water partition coefficient (Wildman–Crippen LogP) is 1.29. The minimum Gasteiger partial charge on any atom is -0.494 e. The van der Waals surface area contributed by atoms with Crippen molar-refractivity contribution in [2.24, 2.45) is 10.8 Å². The number of nitrogens with zero attached hydrogens (tertiary/aromatic N) is 2. The molecule has 4 N–H and O–H groups in total. The molecule has 0 bridgehead atoms. The largest absolute Gasteiger partial charge is 0.494 e. The lowest BCUT2D eigenvalue weighted by Crippen LogP contribution is -2.23. The van der Waals surface area contributed by atoms with Gasteiger partial charge in [0, 0.05) is 5.56 Å². The number of pyridine rings is 1. The Kier molecular flexibility index (Phi) is 4.17. The van der Waals surface area contributed by atoms with Gasteiger partial charge < -0.3 is 10.8 Å². The second-order valence-electron chi connectivity index (χ2n) is 5.78. The van der Waals surface area contributed by atoms with E-state index in [0.717, 1.165) is 0 Å². The molecule has 2 heterocycles. The molecule has 0 atom stereocenters. The Balaban J connectivity index is 2.11. The van der Waals surface area contributed by atoms with Crippen molar-refractivity contribution in [3.63, 3.8) is 0 Å². The maximum atomic E-state index is 12.7. The van der Waals surface area contributed by atoms with Gasteiger partial charge in [0.15, 0.2) is 0 Å². The van der Waals surface area contributed by atoms with Crippen molar-refractivity contribution < 1.29 is 14.7 Å². The van der Waals surface area contributed by atoms with Gasteiger partial charge >= 0.3 is 0 Å². The summed E-state index contributed by atoms with van der Waals surface area (Å²) >= 11 is 0. The van der Waals surface area contributed by atoms with Gasteiger partial charge in [-0.1, -0.05) is 18.2 Å². The van der Waals surface area contributed by atoms with Crippen molar-refractivity contribution in [1.29, 1.82) is 0 Å². The van der Waals surface area contributed by atoms with E-state index in [-0.39, 0.29) is 22.3 Å². The van der Waals surface area contributed by atoms with Crippen LogP contribution in [0.15, 0.2) is 45.8 Å². The fraction of sp³-hybridized carbons (Fsp3) is 0.111. The first-order chi connectivity index (χ1) is 12.3. The zero-order valence-corrected chi connectivity index (χ0v) is 14.1. The summed E-state index contributed by atoms with van der Waals surface area (Å²) in [6.45, 7) is 3.12. The highest BCUT2D eigenvalue weighted by Crippen LogP contribution is 2.26. The molecule has 8 nitrogen and oxygen atoms in total. The molecule has 0 radical (unpaired) electrons. The lowest BCUT2D eigenvalue weighted by atomic mass is 10.0. The summed E-state index contributed by atoms with van der Waals surface area (Å²) < 4.78 is 0. The number of amides is 2. The average Bonchev–Trinajstić information content (AvgIpc) is 2.86. The molecule has 1 aromatic heterocycles. The molecule has 0 fully saturated rings. The molecule has 0 aliphatic carbocycles. The van der Waals surface area contributed by atoms with Crippen molar-refractivity contribution in [2.45, 2.75) is 13.8 Å². The normalized spacial score (nSPS) is 15.5. The Morgan fingerprint density at radius 3 is 2.50 bits per heavy atom. The van der Waals surface area contributed by atoms with Gasteiger partial charge in [0.25, 0.3) is 17.4 Å². The summed E-state index contributed by atoms with van der Waals surface area (Å²) in [6.07, 6.45) is 1.35. The average molecular weight is 352 g/mol. The number of carbonyl (C=O) groups is 2. The van der Waals surface area contributed by atoms with Crippen molar-refractivity contribution in [3.8, 4) is 5.88 Å². The van der Waals surface area contributed by atoms with Crippen molar-refractivity contribution in [3.05, 3.63) is 62.9 Å². The van der Waals surface area contributed by atoms with Crippen LogP contribution in [0, 0.1) is 6.92 Å². The number of hydrogen-bond acceptors (Lipinski definition) is 5. The summed E-state index contributed by atoms with van der Waals surface area (Å²) in [5.74, 6) is -1.89. The molecule has 1 aliphatic heterocycles. The van der Waals surface area contributed by atoms with Crippen LogP contribution in [-0.4, -0.2) is 27.6 Å². The Morgan fingerprint density at radius 2 is 1.88 bits per heavy atom. The van der Waals surface area contributed by atoms with E-state index in [9.17, 15) is 19.5 Å². The Labute approximate surface area is 148 Å². The number of nitrogens with one attached hydrogen (secondary N) is 1. The Morgan fingerprint density at radius 1 is 1.23 bits per heavy atom. The maximum absolute atomic E-state index is 12.7. The molecule has 2 aromatic rings. The standard InChI is InChI=1S/C18H16N4O4/c1-9-12(16(24)20-17(25)14(9)15(19)23)8-13-10(2)21-22(18(13)26)11-6-4-3-5-7-11/h3-8H,1-2H3,(H2,19,23)(H2,20,24,25)/b13-8-. The second-order valence-corrected chi connectivity index (χ2v) is 5.78. The number of anilines is 1. The van der Waals surface area contributed by atoms with E-state index in [0.29, 0.717) is 11.4 Å². The number of benzene rings is 1. The fourth-order valence-electron chi connectivity index (χ4n) is 2.77. The highest BCUT2D eigenvalue weighted by molar-refractivity contribution is 6.32. The molecule has 0 unspecified atom stereocenters. The van der Waals surface area contributed by atoms with Crippen LogP contribution in [0.1, 0.15) is 28.4 Å². The quantitative estimate of drug-likeness (QED) is 0.719. The van der Waals surface area contributed by atoms with Crippen LogP contribution in [-0.2, 0) is 4.79 Å². The highest BCUT2D eigenvalue weighted by atomic mass is 16.3. The number of hydrogen-bond donors (Lipinski definition) is 3. The van der Waals surface area contributed by atoms with Crippen molar-refractivity contribution >= 4 is 29.3 Å². The smallest absolute Gasteiger partial charge is 0.280 e. The van der Waals surface area contributed by atoms with E-state index >= 15 is 0 Å². The van der Waals surface area contributed by atoms with Crippen LogP contribution in [0.25, 0.3) is 6.08 Å². The second kappa shape index (κ2) is 6.32. The van der Waals surface area contributed by atoms with Crippen LogP contribution >= 0.6 is 0 Å². The minimum atomic E-state index is -0.884. The van der Waals surface area contributed by atoms with E-state index < -0.39 is 23.3 Å². The van der Waals surface area contributed by atoms with Crippen molar-refractivity contribution in [2.75, 3.05) is 5.01 Å². The van der Waals surface area contributed by atoms with Crippen molar-refractivity contribution in [1.82, 2.24) is 4.98 Å². The molecule has 2 amide bonds. The van der Waals surface area contributed by atoms with Crippen LogP contribution in [0.2, 0.25) is 0 Å². The summed E-state index contributed by atoms with van der Waals surface area (Å²) in [5.41, 5.74) is 5.89. The molecule has 1 aliphatic rings. The number of nitrogens with two attached hydrogens (primary N) is 1. The maximum Gasteiger partial charge on any atom is 0.280 e. The first kappa shape index (κ1) is 17.2. The first-order valence-electron chi connectivity index (χ1n) is 7.73. The van der Waals surface area contributed by atoms with E-state index in [1.54, 1.807) is 31.2 Å². The predicted molar refractivity (Wildman–Crippen MR) is 97.0 cm³/mol. The first-order valence-corrected chi connectivity index (χ1v) is 7.73. The van der Waals surface area contributed by atoms with E-state index in [1.165, 1.54) is 18.0 Å². The Hall–Kier alpha value is -3.68. The summed E-state index contributed by atoms with van der Waals surface area (Å²) in [6, 6.07) is 8.86. The summed E-state index contributed by atoms with van der Waals surface area (Å²) in [4.78, 5) is 38.6. The zero-order valence-electron chi connectivity index (χ0n) is 14.1. The van der Waals surface area contributed by atoms with Gasteiger partial charge in [0.2, 0.25) is 5.88 Å². The van der Waals surface area contributed by atoms with Gasteiger partial charge in [0.05, 0.1) is 17.0 Å². The molecule has 0 saturated carbocycles. The summed E-state index contributed by atoms with van der Waals surface area (Å²) in [7, 11) is 0. The van der Waals surface area contributed by atoms with Crippen LogP contribution < -0.4 is 16.3 Å². The minimum absolute atomic E-state index is 0.0596. The monoisotopic (exact) mass is 352 g/mol. The number of primary amides is 1. The third-order valence-electron chi connectivity index (χ3n) is 4.09. The fourth-order valence-corrected chi connectivity index (χ4v) is 2.77. The van der Waals surface area contributed by atoms with E-state index in [2.05, 4.69) is 10.1 Å². The number of aromatic amines is 1. The molecule has 8 heteroatoms. The number of rotatable bonds is 3. The lowest BCUT2D eigenvalue weighted by molar-refractivity contribution is -0.114. The molecular formula is C18H16N4O4. The lowest BCUT2D eigenvalue weighted by Gasteiger charge is -2.11. The molecule has 132 valence electrons. The Bertz CT molecular complexity index is 1040. The molecule has 0 spiro atoms. The molecular weight excluding hydrogens is 336 g/mol. The topological polar surface area (TPSA) is 129 Å². The zero-order chi connectivity index (χ0) is 19.0. The number of hydrazone groups is 1. The van der Waals surface area contributed by atoms with Gasteiger partial charge in [0.1, 0.15) is 5.56 Å². The highest BCUT2D eigenvalue weighted by Gasteiger charge is 2.29. The third kappa shape index (κ3) is 2.77. The number of para-hydroxylation sites is 1. The number of carbonyl (C=O) groups excluding carboxylic acids is 2. The van der Waals surface area contributed by atoms with Crippen LogP contribution in [0.5, 0.6) is 5.88 Å². The SMILES string of the molecule is CC1=NN(c2ccccc2)C(=O)/C1=C\c1c(C)c(C(N)=O)c(O)[nH]c1=O. The van der Waals surface area contributed by atoms with Gasteiger partial charge in [-0.3, -0.25) is 19.4 Å². The van der Waals surface area contributed by atoms with Crippen LogP contribution in [0.4, 0.5) is 5.69 Å². The third-order valence-corrected chi connectivity index (χ3v) is 4.09. The molecule has 0 saturated heterocycles.